The van der Waals surface area contributed by atoms with Crippen molar-refractivity contribution in [3.8, 4) is 0 Å². The van der Waals surface area contributed by atoms with E-state index < -0.39 is 17.3 Å². The highest BCUT2D eigenvalue weighted by Crippen LogP contribution is 2.37. The van der Waals surface area contributed by atoms with Crippen molar-refractivity contribution in [2.75, 3.05) is 45.9 Å². The number of unbranched alkanes of at least 4 members (excludes halogenated alkanes) is 9. The summed E-state index contributed by atoms with van der Waals surface area (Å²) in [7, 11) is 0. The number of likely N-dealkylation sites (N-methyl/N-ethyl adjacent to an activating group) is 2. The topological polar surface area (TPSA) is 85.0 Å². The van der Waals surface area contributed by atoms with Crippen LogP contribution in [0.2, 0.25) is 0 Å². The summed E-state index contributed by atoms with van der Waals surface area (Å²) < 4.78 is 13.7. The number of hydrogen-bond acceptors (Lipinski definition) is 5. The van der Waals surface area contributed by atoms with Crippen LogP contribution in [0.3, 0.4) is 0 Å². The van der Waals surface area contributed by atoms with Gasteiger partial charge < -0.3 is 24.8 Å². The summed E-state index contributed by atoms with van der Waals surface area (Å²) in [5.41, 5.74) is 4.99. The molecule has 0 fully saturated rings. The zero-order valence-corrected chi connectivity index (χ0v) is 33.1. The molecule has 0 aromatic rings. The molecule has 7 nitrogen and oxygen atoms in total. The predicted molar refractivity (Wildman–Crippen MR) is 197 cm³/mol. The fourth-order valence-corrected chi connectivity index (χ4v) is 7.24. The zero-order chi connectivity index (χ0) is 35.5. The van der Waals surface area contributed by atoms with Crippen molar-refractivity contribution in [1.29, 1.82) is 0 Å². The third-order valence-corrected chi connectivity index (χ3v) is 11.0. The van der Waals surface area contributed by atoms with Crippen molar-refractivity contribution in [3.63, 3.8) is 0 Å². The molecule has 46 heavy (non-hydrogen) atoms. The molecule has 0 aliphatic rings. The SMILES string of the molecule is CCCCCCCCCCCCN(CC)CC[N+](CC)(CCC)C(C)(C)CC(C)OC(C)(N)C(C)(C)CCOC(C)(C)CC(=O)O. The van der Waals surface area contributed by atoms with Crippen LogP contribution in [-0.4, -0.2) is 89.3 Å². The number of hydrogen-bond donors (Lipinski definition) is 2. The standard InChI is InChI=1S/C39H81N3O4/c1-13-17-18-19-20-21-22-23-24-25-27-41(15-3)28-30-42(16-4,29-14-2)37(8,9)32-34(5)46-39(12,40)36(6,7)26-31-45-38(10,11)33-35(43)44/h34H,13-33,40H2,1-12H3/p+1. The van der Waals surface area contributed by atoms with Gasteiger partial charge >= 0.3 is 5.97 Å². The van der Waals surface area contributed by atoms with Gasteiger partial charge in [0.25, 0.3) is 0 Å². The Morgan fingerprint density at radius 3 is 1.83 bits per heavy atom. The van der Waals surface area contributed by atoms with Crippen LogP contribution in [0, 0.1) is 5.41 Å². The third-order valence-electron chi connectivity index (χ3n) is 11.0. The first-order chi connectivity index (χ1) is 21.3. The summed E-state index contributed by atoms with van der Waals surface area (Å²) >= 11 is 0. The van der Waals surface area contributed by atoms with Crippen LogP contribution < -0.4 is 5.73 Å². The predicted octanol–water partition coefficient (Wildman–Crippen LogP) is 9.41. The summed E-state index contributed by atoms with van der Waals surface area (Å²) in [4.78, 5) is 13.9. The number of nitrogens with two attached hydrogens (primary N) is 1. The van der Waals surface area contributed by atoms with Crippen molar-refractivity contribution in [1.82, 2.24) is 4.90 Å². The second kappa shape index (κ2) is 22.1. The van der Waals surface area contributed by atoms with Gasteiger partial charge in [0.05, 0.1) is 43.3 Å². The highest BCUT2D eigenvalue weighted by Gasteiger charge is 2.45. The van der Waals surface area contributed by atoms with E-state index in [-0.39, 0.29) is 23.5 Å². The van der Waals surface area contributed by atoms with E-state index in [4.69, 9.17) is 15.2 Å². The van der Waals surface area contributed by atoms with E-state index in [0.29, 0.717) is 13.0 Å². The molecular formula is C39H82N3O4+. The quantitative estimate of drug-likeness (QED) is 0.0455. The monoisotopic (exact) mass is 657 g/mol. The van der Waals surface area contributed by atoms with E-state index in [9.17, 15) is 9.90 Å². The summed E-state index contributed by atoms with van der Waals surface area (Å²) in [5.74, 6) is -0.853. The lowest BCUT2D eigenvalue weighted by atomic mass is 9.79. The molecule has 3 unspecified atom stereocenters. The lowest BCUT2D eigenvalue weighted by molar-refractivity contribution is -0.971. The van der Waals surface area contributed by atoms with Crippen molar-refractivity contribution in [3.05, 3.63) is 0 Å². The molecule has 0 amide bonds. The molecule has 0 aromatic carbocycles. The van der Waals surface area contributed by atoms with Crippen molar-refractivity contribution in [2.24, 2.45) is 11.1 Å². The summed E-state index contributed by atoms with van der Waals surface area (Å²) in [6.07, 6.45) is 16.6. The number of carbonyl (C=O) groups is 1. The fraction of sp³-hybridized carbons (Fsp3) is 0.974. The van der Waals surface area contributed by atoms with E-state index in [1.54, 1.807) is 0 Å². The minimum atomic E-state index is -0.858. The average Bonchev–Trinajstić information content (AvgIpc) is 2.93. The van der Waals surface area contributed by atoms with Crippen molar-refractivity contribution >= 4 is 5.97 Å². The summed E-state index contributed by atoms with van der Waals surface area (Å²) in [5, 5.41) is 9.18. The van der Waals surface area contributed by atoms with Gasteiger partial charge in [-0.1, -0.05) is 92.4 Å². The molecule has 0 bridgehead atoms. The smallest absolute Gasteiger partial charge is 0.306 e. The number of rotatable bonds is 30. The zero-order valence-electron chi connectivity index (χ0n) is 33.1. The van der Waals surface area contributed by atoms with Gasteiger partial charge in [-0.3, -0.25) is 9.69 Å². The highest BCUT2D eigenvalue weighted by atomic mass is 16.5. The fourth-order valence-electron chi connectivity index (χ4n) is 7.24. The normalized spacial score (nSPS) is 16.4. The second-order valence-corrected chi connectivity index (χ2v) is 16.4. The first-order valence-electron chi connectivity index (χ1n) is 19.2. The maximum atomic E-state index is 11.2. The molecule has 0 spiro atoms. The lowest BCUT2D eigenvalue weighted by Gasteiger charge is -2.52. The largest absolute Gasteiger partial charge is 0.481 e. The average molecular weight is 657 g/mol. The van der Waals surface area contributed by atoms with E-state index in [1.165, 1.54) is 77.3 Å². The Morgan fingerprint density at radius 2 is 1.35 bits per heavy atom. The van der Waals surface area contributed by atoms with Crippen molar-refractivity contribution < 1.29 is 23.9 Å². The minimum Gasteiger partial charge on any atom is -0.481 e. The van der Waals surface area contributed by atoms with Gasteiger partial charge in [-0.15, -0.1) is 0 Å². The molecular weight excluding hydrogens is 574 g/mol. The Balaban J connectivity index is 5.13. The van der Waals surface area contributed by atoms with Gasteiger partial charge in [-0.25, -0.2) is 0 Å². The number of carboxylic acid groups (broad SMARTS) is 1. The Hall–Kier alpha value is -0.730. The molecule has 3 atom stereocenters. The minimum absolute atomic E-state index is 0.0107. The van der Waals surface area contributed by atoms with Gasteiger partial charge in [0, 0.05) is 25.0 Å². The van der Waals surface area contributed by atoms with Crippen LogP contribution in [-0.2, 0) is 14.3 Å². The van der Waals surface area contributed by atoms with Crippen LogP contribution in [0.4, 0.5) is 0 Å². The van der Waals surface area contributed by atoms with E-state index in [0.717, 1.165) is 43.5 Å². The molecule has 7 heteroatoms. The molecule has 3 N–H and O–H groups in total. The number of aliphatic carboxylic acids is 1. The molecule has 0 aliphatic carbocycles. The number of quaternary nitrogens is 1. The van der Waals surface area contributed by atoms with Crippen LogP contribution in [0.15, 0.2) is 0 Å². The number of ether oxygens (including phenoxy) is 2. The highest BCUT2D eigenvalue weighted by molar-refractivity contribution is 5.67. The van der Waals surface area contributed by atoms with Gasteiger partial charge in [0.2, 0.25) is 0 Å². The van der Waals surface area contributed by atoms with Crippen LogP contribution in [0.25, 0.3) is 0 Å². The molecule has 0 saturated heterocycles. The lowest BCUT2D eigenvalue weighted by Crippen LogP contribution is -2.65. The maximum absolute atomic E-state index is 11.2. The van der Waals surface area contributed by atoms with Crippen LogP contribution in [0.5, 0.6) is 0 Å². The van der Waals surface area contributed by atoms with Gasteiger partial charge in [-0.05, 0) is 80.8 Å². The molecule has 0 heterocycles. The van der Waals surface area contributed by atoms with Crippen LogP contribution in [0.1, 0.15) is 173 Å². The molecule has 0 rings (SSSR count). The Kier molecular flexibility index (Phi) is 21.7. The molecule has 0 aliphatic heterocycles. The van der Waals surface area contributed by atoms with Crippen molar-refractivity contribution in [2.45, 2.75) is 196 Å². The Labute approximate surface area is 287 Å². The summed E-state index contributed by atoms with van der Waals surface area (Å²) in [6.45, 7) is 33.5. The molecule has 0 aromatic heterocycles. The molecule has 0 saturated carbocycles. The Bertz CT molecular complexity index is 798. The van der Waals surface area contributed by atoms with E-state index in [2.05, 4.69) is 67.2 Å². The maximum Gasteiger partial charge on any atom is 0.306 e. The van der Waals surface area contributed by atoms with Gasteiger partial charge in [0.1, 0.15) is 5.72 Å². The molecule has 0 radical (unpaired) electrons. The van der Waals surface area contributed by atoms with Crippen LogP contribution >= 0.6 is 0 Å². The second-order valence-electron chi connectivity index (χ2n) is 16.4. The van der Waals surface area contributed by atoms with E-state index in [1.807, 2.05) is 20.8 Å². The Morgan fingerprint density at radius 1 is 0.804 bits per heavy atom. The first kappa shape index (κ1) is 45.3. The summed E-state index contributed by atoms with van der Waals surface area (Å²) in [6, 6.07) is 0. The number of carboxylic acids is 1. The van der Waals surface area contributed by atoms with E-state index >= 15 is 0 Å². The molecule has 276 valence electrons. The third kappa shape index (κ3) is 17.1. The van der Waals surface area contributed by atoms with Gasteiger partial charge in [0.15, 0.2) is 0 Å². The van der Waals surface area contributed by atoms with Gasteiger partial charge in [-0.2, -0.15) is 0 Å². The number of nitrogens with zero attached hydrogens (tertiary/aromatic N) is 2. The first-order valence-corrected chi connectivity index (χ1v) is 19.2.